The van der Waals surface area contributed by atoms with Crippen LogP contribution < -0.4 is 4.74 Å². The highest BCUT2D eigenvalue weighted by atomic mass is 16.5. The third-order valence-electron chi connectivity index (χ3n) is 4.22. The Labute approximate surface area is 156 Å². The third-order valence-corrected chi connectivity index (χ3v) is 4.22. The van der Waals surface area contributed by atoms with Gasteiger partial charge in [-0.15, -0.1) is 0 Å². The van der Waals surface area contributed by atoms with Gasteiger partial charge >= 0.3 is 0 Å². The number of hydrogen-bond donors (Lipinski definition) is 1. The number of aliphatic hydroxyl groups is 1. The summed E-state index contributed by atoms with van der Waals surface area (Å²) in [7, 11) is 1.62. The average Bonchev–Trinajstić information content (AvgIpc) is 3.24. The zero-order valence-electron chi connectivity index (χ0n) is 14.7. The molecule has 0 saturated heterocycles. The van der Waals surface area contributed by atoms with Crippen LogP contribution in [0.1, 0.15) is 5.56 Å². The molecule has 0 atom stereocenters. The molecule has 0 aliphatic rings. The summed E-state index contributed by atoms with van der Waals surface area (Å²) in [6.45, 7) is 0.0281. The highest BCUT2D eigenvalue weighted by Gasteiger charge is 2.11. The molecule has 0 spiro atoms. The predicted octanol–water partition coefficient (Wildman–Crippen LogP) is 3.97. The van der Waals surface area contributed by atoms with Gasteiger partial charge in [-0.1, -0.05) is 29.4 Å². The smallest absolute Gasteiger partial charge is 0.259 e. The van der Waals surface area contributed by atoms with E-state index in [0.717, 1.165) is 33.7 Å². The lowest BCUT2D eigenvalue weighted by Crippen LogP contribution is -1.87. The Balaban J connectivity index is 1.56. The van der Waals surface area contributed by atoms with Crippen molar-refractivity contribution in [1.82, 2.24) is 15.1 Å². The summed E-state index contributed by atoms with van der Waals surface area (Å²) in [4.78, 5) is 8.92. The Morgan fingerprint density at radius 3 is 2.22 bits per heavy atom. The van der Waals surface area contributed by atoms with Crippen molar-refractivity contribution in [2.75, 3.05) is 7.11 Å². The molecule has 2 heterocycles. The van der Waals surface area contributed by atoms with Gasteiger partial charge in [0.05, 0.1) is 25.0 Å². The first kappa shape index (κ1) is 16.9. The predicted molar refractivity (Wildman–Crippen MR) is 101 cm³/mol. The van der Waals surface area contributed by atoms with Crippen LogP contribution in [0.5, 0.6) is 5.75 Å². The molecule has 2 aromatic heterocycles. The maximum absolute atomic E-state index is 9.13. The molecule has 134 valence electrons. The second-order valence-corrected chi connectivity index (χ2v) is 5.94. The van der Waals surface area contributed by atoms with Gasteiger partial charge in [0.15, 0.2) is 0 Å². The lowest BCUT2D eigenvalue weighted by Gasteiger charge is -2.02. The van der Waals surface area contributed by atoms with Gasteiger partial charge < -0.3 is 14.4 Å². The first-order chi connectivity index (χ1) is 13.3. The molecule has 1 N–H and O–H groups in total. The van der Waals surface area contributed by atoms with Gasteiger partial charge in [-0.3, -0.25) is 4.98 Å². The van der Waals surface area contributed by atoms with E-state index >= 15 is 0 Å². The number of rotatable bonds is 5. The van der Waals surface area contributed by atoms with E-state index in [1.165, 1.54) is 0 Å². The van der Waals surface area contributed by atoms with Gasteiger partial charge in [-0.05, 0) is 42.0 Å². The number of ether oxygens (including phenoxy) is 1. The molecule has 0 unspecified atom stereocenters. The zero-order chi connectivity index (χ0) is 18.6. The van der Waals surface area contributed by atoms with Crippen molar-refractivity contribution in [3.05, 3.63) is 72.4 Å². The van der Waals surface area contributed by atoms with Crippen molar-refractivity contribution in [2.45, 2.75) is 6.61 Å². The summed E-state index contributed by atoms with van der Waals surface area (Å²) < 4.78 is 10.5. The van der Waals surface area contributed by atoms with Gasteiger partial charge in [0.25, 0.3) is 5.89 Å². The molecule has 2 aromatic carbocycles. The van der Waals surface area contributed by atoms with Crippen LogP contribution in [0.25, 0.3) is 34.1 Å². The largest absolute Gasteiger partial charge is 0.497 e. The second-order valence-electron chi connectivity index (χ2n) is 5.94. The molecule has 0 radical (unpaired) electrons. The number of pyridine rings is 1. The molecule has 0 aliphatic carbocycles. The van der Waals surface area contributed by atoms with E-state index in [1.807, 2.05) is 60.7 Å². The monoisotopic (exact) mass is 359 g/mol. The number of aliphatic hydroxyl groups excluding tert-OH is 1. The maximum atomic E-state index is 9.13. The Hall–Kier alpha value is -3.51. The van der Waals surface area contributed by atoms with Crippen molar-refractivity contribution < 1.29 is 14.4 Å². The Kier molecular flexibility index (Phi) is 4.63. The summed E-state index contributed by atoms with van der Waals surface area (Å²) in [6.07, 6.45) is 1.71. The molecule has 4 rings (SSSR count). The highest BCUT2D eigenvalue weighted by Crippen LogP contribution is 2.25. The summed E-state index contributed by atoms with van der Waals surface area (Å²) >= 11 is 0. The van der Waals surface area contributed by atoms with Crippen LogP contribution in [0.3, 0.4) is 0 Å². The fraction of sp³-hybridized carbons (Fsp3) is 0.0952. The van der Waals surface area contributed by atoms with E-state index in [1.54, 1.807) is 13.3 Å². The molecule has 0 fully saturated rings. The van der Waals surface area contributed by atoms with E-state index in [0.29, 0.717) is 11.7 Å². The zero-order valence-corrected chi connectivity index (χ0v) is 14.7. The van der Waals surface area contributed by atoms with Crippen molar-refractivity contribution in [1.29, 1.82) is 0 Å². The van der Waals surface area contributed by atoms with Gasteiger partial charge in [0.1, 0.15) is 5.75 Å². The molecule has 6 heteroatoms. The number of aromatic nitrogens is 3. The van der Waals surface area contributed by atoms with Crippen molar-refractivity contribution in [3.8, 4) is 39.8 Å². The second kappa shape index (κ2) is 7.39. The highest BCUT2D eigenvalue weighted by molar-refractivity contribution is 5.64. The van der Waals surface area contributed by atoms with Crippen LogP contribution in [0, 0.1) is 0 Å². The summed E-state index contributed by atoms with van der Waals surface area (Å²) in [5.41, 5.74) is 4.27. The summed E-state index contributed by atoms with van der Waals surface area (Å²) in [5.74, 6) is 1.70. The molecule has 0 saturated carbocycles. The molecule has 0 bridgehead atoms. The molecule has 6 nitrogen and oxygen atoms in total. The minimum absolute atomic E-state index is 0.0281. The Morgan fingerprint density at radius 1 is 0.889 bits per heavy atom. The normalized spacial score (nSPS) is 10.7. The minimum Gasteiger partial charge on any atom is -0.497 e. The van der Waals surface area contributed by atoms with Crippen molar-refractivity contribution in [3.63, 3.8) is 0 Å². The lowest BCUT2D eigenvalue weighted by atomic mass is 10.1. The number of nitrogens with zero attached hydrogens (tertiary/aromatic N) is 3. The molecule has 0 aliphatic heterocycles. The van der Waals surface area contributed by atoms with Crippen LogP contribution in [0.4, 0.5) is 0 Å². The number of benzene rings is 2. The SMILES string of the molecule is COc1ccc(-c2noc(-c3ccc(-c4ccc(CO)cc4)nc3)n2)cc1. The van der Waals surface area contributed by atoms with Crippen LogP contribution >= 0.6 is 0 Å². The minimum atomic E-state index is 0.0281. The molecular formula is C21H17N3O3. The third kappa shape index (κ3) is 3.56. The Bertz CT molecular complexity index is 1020. The molecular weight excluding hydrogens is 342 g/mol. The quantitative estimate of drug-likeness (QED) is 0.581. The molecule has 0 amide bonds. The van der Waals surface area contributed by atoms with Gasteiger partial charge in [0, 0.05) is 17.3 Å². The van der Waals surface area contributed by atoms with Crippen molar-refractivity contribution >= 4 is 0 Å². The number of methoxy groups -OCH3 is 1. The maximum Gasteiger partial charge on any atom is 0.259 e. The van der Waals surface area contributed by atoms with Gasteiger partial charge in [-0.2, -0.15) is 4.98 Å². The lowest BCUT2D eigenvalue weighted by molar-refractivity contribution is 0.282. The van der Waals surface area contributed by atoms with E-state index in [4.69, 9.17) is 14.4 Å². The summed E-state index contributed by atoms with van der Waals surface area (Å²) in [6, 6.07) is 18.9. The number of hydrogen-bond acceptors (Lipinski definition) is 6. The van der Waals surface area contributed by atoms with E-state index in [-0.39, 0.29) is 6.61 Å². The van der Waals surface area contributed by atoms with Crippen LogP contribution in [-0.4, -0.2) is 27.3 Å². The van der Waals surface area contributed by atoms with E-state index in [2.05, 4.69) is 15.1 Å². The van der Waals surface area contributed by atoms with Gasteiger partial charge in [0.2, 0.25) is 5.82 Å². The van der Waals surface area contributed by atoms with Gasteiger partial charge in [-0.25, -0.2) is 0 Å². The van der Waals surface area contributed by atoms with Crippen LogP contribution in [-0.2, 0) is 6.61 Å². The first-order valence-electron chi connectivity index (χ1n) is 8.41. The standard InChI is InChI=1S/C21H17N3O3/c1-26-18-9-6-16(7-10-18)20-23-21(27-24-20)17-8-11-19(22-12-17)15-4-2-14(13-25)3-5-15/h2-12,25H,13H2,1H3. The van der Waals surface area contributed by atoms with Crippen molar-refractivity contribution in [2.24, 2.45) is 0 Å². The molecule has 4 aromatic rings. The Morgan fingerprint density at radius 2 is 1.59 bits per heavy atom. The van der Waals surface area contributed by atoms with E-state index in [9.17, 15) is 0 Å². The first-order valence-corrected chi connectivity index (χ1v) is 8.41. The van der Waals surface area contributed by atoms with Crippen LogP contribution in [0.15, 0.2) is 71.4 Å². The van der Waals surface area contributed by atoms with E-state index < -0.39 is 0 Å². The molecule has 27 heavy (non-hydrogen) atoms. The fourth-order valence-corrected chi connectivity index (χ4v) is 2.67. The fourth-order valence-electron chi connectivity index (χ4n) is 2.67. The topological polar surface area (TPSA) is 81.3 Å². The van der Waals surface area contributed by atoms with Crippen LogP contribution in [0.2, 0.25) is 0 Å². The summed E-state index contributed by atoms with van der Waals surface area (Å²) in [5, 5.41) is 13.2. The average molecular weight is 359 g/mol.